The van der Waals surface area contributed by atoms with E-state index in [1.54, 1.807) is 18.2 Å². The second-order valence-electron chi connectivity index (χ2n) is 5.82. The van der Waals surface area contributed by atoms with Gasteiger partial charge in [-0.05, 0) is 24.3 Å². The van der Waals surface area contributed by atoms with Gasteiger partial charge in [-0.2, -0.15) is 0 Å². The van der Waals surface area contributed by atoms with Crippen molar-refractivity contribution in [3.63, 3.8) is 0 Å². The molecule has 1 N–H and O–H groups in total. The molecule has 2 aromatic heterocycles. The van der Waals surface area contributed by atoms with Gasteiger partial charge in [-0.3, -0.25) is 10.1 Å². The third-order valence-corrected chi connectivity index (χ3v) is 4.00. The lowest BCUT2D eigenvalue weighted by atomic mass is 10.1. The number of fused-ring (bicyclic) bond motifs is 1. The number of ether oxygens (including phenoxy) is 1. The maximum atomic E-state index is 13.8. The summed E-state index contributed by atoms with van der Waals surface area (Å²) in [4.78, 5) is 24.6. The molecule has 0 spiro atoms. The van der Waals surface area contributed by atoms with E-state index in [1.807, 2.05) is 0 Å². The minimum absolute atomic E-state index is 0.142. The second kappa shape index (κ2) is 7.15. The molecule has 0 saturated carbocycles. The minimum atomic E-state index is -0.907. The van der Waals surface area contributed by atoms with E-state index in [0.717, 1.165) is 12.1 Å². The molecule has 4 aromatic rings. The van der Waals surface area contributed by atoms with Gasteiger partial charge < -0.3 is 13.6 Å². The van der Waals surface area contributed by atoms with Crippen molar-refractivity contribution in [2.45, 2.75) is 0 Å². The molecule has 2 aromatic carbocycles. The number of carbonyl (C=O) groups is 1. The molecule has 0 radical (unpaired) electrons. The third-order valence-electron chi connectivity index (χ3n) is 4.00. The molecule has 10 heteroatoms. The van der Waals surface area contributed by atoms with Crippen LogP contribution >= 0.6 is 0 Å². The molecule has 0 bridgehead atoms. The van der Waals surface area contributed by atoms with E-state index in [0.29, 0.717) is 17.2 Å². The van der Waals surface area contributed by atoms with Gasteiger partial charge in [0.15, 0.2) is 11.3 Å². The van der Waals surface area contributed by atoms with Gasteiger partial charge in [-0.1, -0.05) is 17.2 Å². The van der Waals surface area contributed by atoms with Crippen LogP contribution in [0.3, 0.4) is 0 Å². The number of nitrogens with one attached hydrogen (secondary N) is 1. The number of anilines is 1. The Morgan fingerprint density at radius 3 is 2.69 bits per heavy atom. The Bertz CT molecular complexity index is 1300. The van der Waals surface area contributed by atoms with E-state index in [2.05, 4.69) is 15.5 Å². The van der Waals surface area contributed by atoms with Gasteiger partial charge in [0.05, 0.1) is 12.7 Å². The lowest BCUT2D eigenvalue weighted by Crippen LogP contribution is -2.20. The smallest absolute Gasteiger partial charge is 0.349 e. The summed E-state index contributed by atoms with van der Waals surface area (Å²) in [5.74, 6) is -2.46. The van der Waals surface area contributed by atoms with E-state index >= 15 is 0 Å². The number of carbonyl (C=O) groups excluding carboxylic acids is 1. The van der Waals surface area contributed by atoms with Crippen molar-refractivity contribution in [2.24, 2.45) is 0 Å². The van der Waals surface area contributed by atoms with Gasteiger partial charge in [0.1, 0.15) is 17.2 Å². The average Bonchev–Trinajstić information content (AvgIpc) is 3.15. The fourth-order valence-corrected chi connectivity index (χ4v) is 2.65. The molecule has 0 aliphatic rings. The number of amides is 1. The maximum Gasteiger partial charge on any atom is 0.349 e. The first-order chi connectivity index (χ1) is 14.0. The Kier molecular flexibility index (Phi) is 4.51. The first kappa shape index (κ1) is 18.3. The summed E-state index contributed by atoms with van der Waals surface area (Å²) in [6.07, 6.45) is 0. The van der Waals surface area contributed by atoms with E-state index in [4.69, 9.17) is 13.6 Å². The van der Waals surface area contributed by atoms with Gasteiger partial charge in [0, 0.05) is 11.5 Å². The highest BCUT2D eigenvalue weighted by Gasteiger charge is 2.19. The number of hydrogen-bond acceptors (Lipinski definition) is 7. The third kappa shape index (κ3) is 3.43. The fraction of sp³-hybridized carbons (Fsp3) is 0.0526. The zero-order valence-electron chi connectivity index (χ0n) is 14.7. The Morgan fingerprint density at radius 1 is 1.10 bits per heavy atom. The molecule has 29 heavy (non-hydrogen) atoms. The van der Waals surface area contributed by atoms with Crippen LogP contribution in [0, 0.1) is 11.6 Å². The van der Waals surface area contributed by atoms with E-state index in [9.17, 15) is 18.4 Å². The number of para-hydroxylation sites is 1. The van der Waals surface area contributed by atoms with Crippen LogP contribution in [-0.2, 0) is 0 Å². The van der Waals surface area contributed by atoms with Crippen molar-refractivity contribution in [1.29, 1.82) is 0 Å². The quantitative estimate of drug-likeness (QED) is 0.524. The number of methoxy groups -OCH3 is 1. The first-order valence-electron chi connectivity index (χ1n) is 8.17. The maximum absolute atomic E-state index is 13.8. The summed E-state index contributed by atoms with van der Waals surface area (Å²) < 4.78 is 42.3. The summed E-state index contributed by atoms with van der Waals surface area (Å²) >= 11 is 0. The van der Waals surface area contributed by atoms with Gasteiger partial charge in [-0.15, -0.1) is 5.10 Å². The standard InChI is InChI=1S/C19H11F2N3O5/c1-27-14-4-2-3-9-7-12(18(26)28-15(9)14)16(25)22-19-24-23-17(29-19)11-6-5-10(20)8-13(11)21/h2-8H,1H3,(H,22,24,25). The highest BCUT2D eigenvalue weighted by atomic mass is 19.1. The number of rotatable bonds is 4. The lowest BCUT2D eigenvalue weighted by molar-refractivity contribution is 0.102. The molecule has 0 saturated heterocycles. The van der Waals surface area contributed by atoms with Crippen molar-refractivity contribution in [2.75, 3.05) is 12.4 Å². The number of hydrogen-bond donors (Lipinski definition) is 1. The summed E-state index contributed by atoms with van der Waals surface area (Å²) in [7, 11) is 1.42. The molecule has 146 valence electrons. The van der Waals surface area contributed by atoms with Gasteiger partial charge in [0.2, 0.25) is 0 Å². The van der Waals surface area contributed by atoms with Crippen LogP contribution < -0.4 is 15.7 Å². The molecule has 1 amide bonds. The average molecular weight is 399 g/mol. The van der Waals surface area contributed by atoms with E-state index in [1.165, 1.54) is 13.2 Å². The number of halogens is 2. The van der Waals surface area contributed by atoms with Crippen LogP contribution in [0.5, 0.6) is 5.75 Å². The van der Waals surface area contributed by atoms with E-state index in [-0.39, 0.29) is 28.6 Å². The topological polar surface area (TPSA) is 107 Å². The molecular weight excluding hydrogens is 388 g/mol. The molecule has 8 nitrogen and oxygen atoms in total. The Morgan fingerprint density at radius 2 is 1.93 bits per heavy atom. The predicted octanol–water partition coefficient (Wildman–Crippen LogP) is 3.38. The lowest BCUT2D eigenvalue weighted by Gasteiger charge is -2.05. The second-order valence-corrected chi connectivity index (χ2v) is 5.82. The summed E-state index contributed by atoms with van der Waals surface area (Å²) in [6, 6.07) is 8.68. The fourth-order valence-electron chi connectivity index (χ4n) is 2.65. The normalized spacial score (nSPS) is 10.9. The monoisotopic (exact) mass is 399 g/mol. The Balaban J connectivity index is 1.63. The van der Waals surface area contributed by atoms with E-state index < -0.39 is 23.2 Å². The van der Waals surface area contributed by atoms with Crippen LogP contribution in [0.4, 0.5) is 14.8 Å². The molecule has 0 atom stereocenters. The predicted molar refractivity (Wildman–Crippen MR) is 96.6 cm³/mol. The number of benzene rings is 2. The van der Waals surface area contributed by atoms with Crippen molar-refractivity contribution in [1.82, 2.24) is 10.2 Å². The van der Waals surface area contributed by atoms with Crippen LogP contribution in [-0.4, -0.2) is 23.2 Å². The van der Waals surface area contributed by atoms with Crippen molar-refractivity contribution < 1.29 is 27.1 Å². The Labute approximate surface area is 160 Å². The van der Waals surface area contributed by atoms with Crippen LogP contribution in [0.25, 0.3) is 22.4 Å². The van der Waals surface area contributed by atoms with Crippen molar-refractivity contribution >= 4 is 22.9 Å². The van der Waals surface area contributed by atoms with Gasteiger partial charge in [-0.25, -0.2) is 13.6 Å². The molecule has 0 fully saturated rings. The van der Waals surface area contributed by atoms with Crippen molar-refractivity contribution in [3.05, 3.63) is 70.1 Å². The Hall–Kier alpha value is -4.08. The highest BCUT2D eigenvalue weighted by Crippen LogP contribution is 2.26. The number of nitrogens with zero attached hydrogens (tertiary/aromatic N) is 2. The van der Waals surface area contributed by atoms with Crippen LogP contribution in [0.2, 0.25) is 0 Å². The largest absolute Gasteiger partial charge is 0.493 e. The summed E-state index contributed by atoms with van der Waals surface area (Å²) in [5, 5.41) is 9.90. The van der Waals surface area contributed by atoms with Crippen molar-refractivity contribution in [3.8, 4) is 17.2 Å². The zero-order chi connectivity index (χ0) is 20.5. The molecule has 0 unspecified atom stereocenters. The van der Waals surface area contributed by atoms with Crippen LogP contribution in [0.15, 0.2) is 56.1 Å². The first-order valence-corrected chi connectivity index (χ1v) is 8.17. The highest BCUT2D eigenvalue weighted by molar-refractivity contribution is 6.04. The summed E-state index contributed by atoms with van der Waals surface area (Å²) in [6.45, 7) is 0. The summed E-state index contributed by atoms with van der Waals surface area (Å²) in [5.41, 5.74) is -1.15. The molecular formula is C19H11F2N3O5. The number of aromatic nitrogens is 2. The zero-order valence-corrected chi connectivity index (χ0v) is 14.7. The van der Waals surface area contributed by atoms with Crippen LogP contribution in [0.1, 0.15) is 10.4 Å². The molecule has 0 aliphatic heterocycles. The van der Waals surface area contributed by atoms with Gasteiger partial charge >= 0.3 is 11.6 Å². The molecule has 0 aliphatic carbocycles. The minimum Gasteiger partial charge on any atom is -0.493 e. The SMILES string of the molecule is COc1cccc2cc(C(=O)Nc3nnc(-c4ccc(F)cc4F)o3)c(=O)oc12. The molecule has 2 heterocycles. The van der Waals surface area contributed by atoms with Gasteiger partial charge in [0.25, 0.3) is 11.8 Å². The molecule has 4 rings (SSSR count).